The van der Waals surface area contributed by atoms with Crippen molar-refractivity contribution in [1.82, 2.24) is 20.1 Å². The Labute approximate surface area is 360 Å². The van der Waals surface area contributed by atoms with Gasteiger partial charge >= 0.3 is 6.18 Å². The largest absolute Gasteiger partial charge is 0.431 e. The lowest BCUT2D eigenvalue weighted by Crippen LogP contribution is -2.34. The molecule has 0 radical (unpaired) electrons. The van der Waals surface area contributed by atoms with Gasteiger partial charge in [-0.2, -0.15) is 27.1 Å². The molecule has 1 atom stereocenters. The number of carbonyl (C=O) groups excluding carboxylic acids is 1. The molecule has 0 spiro atoms. The van der Waals surface area contributed by atoms with Gasteiger partial charge in [-0.05, 0) is 74.8 Å². The average Bonchev–Trinajstić information content (AvgIpc) is 3.67. The first-order valence-electron chi connectivity index (χ1n) is 18.6. The zero-order chi connectivity index (χ0) is 45.7. The van der Waals surface area contributed by atoms with Crippen molar-refractivity contribution >= 4 is 63.7 Å². The second-order valence-electron chi connectivity index (χ2n) is 14.2. The van der Waals surface area contributed by atoms with Gasteiger partial charge in [0.05, 0.1) is 32.4 Å². The van der Waals surface area contributed by atoms with Gasteiger partial charge in [-0.15, -0.1) is 11.8 Å². The highest BCUT2D eigenvalue weighted by atomic mass is 35.5. The predicted octanol–water partition coefficient (Wildman–Crippen LogP) is 10.9. The second kappa shape index (κ2) is 19.7. The van der Waals surface area contributed by atoms with Gasteiger partial charge in [-0.3, -0.25) is 14.5 Å². The molecular weight excluding hydrogens is 877 g/mol. The number of thioether (sulfide) groups is 1. The first-order valence-corrected chi connectivity index (χ1v) is 21.4. The smallest absolute Gasteiger partial charge is 0.394 e. The van der Waals surface area contributed by atoms with Crippen LogP contribution >= 0.6 is 35.3 Å². The van der Waals surface area contributed by atoms with Gasteiger partial charge in [0.2, 0.25) is 5.91 Å². The topological polar surface area (TPSA) is 110 Å². The Kier molecular flexibility index (Phi) is 15.8. The normalized spacial score (nSPS) is 16.1. The molecule has 0 bridgehead atoms. The summed E-state index contributed by atoms with van der Waals surface area (Å²) in [7, 11) is 0. The molecule has 1 aliphatic rings. The molecule has 8 nitrogen and oxygen atoms in total. The summed E-state index contributed by atoms with van der Waals surface area (Å²) in [5.74, 6) is -3.92. The second-order valence-corrected chi connectivity index (χ2v) is 16.6. The Morgan fingerprint density at radius 3 is 2.26 bits per heavy atom. The number of rotatable bonds is 12. The zero-order valence-corrected chi connectivity index (χ0v) is 36.4. The van der Waals surface area contributed by atoms with Crippen molar-refractivity contribution in [3.63, 3.8) is 0 Å². The zero-order valence-electron chi connectivity index (χ0n) is 34.0. The number of benzene rings is 2. The van der Waals surface area contributed by atoms with Crippen LogP contribution in [0.3, 0.4) is 0 Å². The minimum absolute atomic E-state index is 0.000686. The molecule has 61 heavy (non-hydrogen) atoms. The summed E-state index contributed by atoms with van der Waals surface area (Å²) in [6.45, 7) is 6.40. The number of hydrogen-bond donors (Lipinski definition) is 3. The lowest BCUT2D eigenvalue weighted by molar-refractivity contribution is -0.120. The van der Waals surface area contributed by atoms with E-state index in [9.17, 15) is 44.3 Å². The SMILES string of the molecule is CC.CSNc1nn(CC(C)(F)F)c2c(-c3ccc(C#CC(C)(C)SC)nc3C(Cc3cc(F)cc(F)c3)NC(=O)CN=C3/C(=C(\N)C(F)(F)F)CCC3(F)F)ccc(Cl)c12. The number of aromatic nitrogens is 3. The van der Waals surface area contributed by atoms with E-state index in [1.807, 2.05) is 34.0 Å². The number of carbonyl (C=O) groups is 1. The van der Waals surface area contributed by atoms with Crippen molar-refractivity contribution in [1.29, 1.82) is 0 Å². The van der Waals surface area contributed by atoms with E-state index >= 15 is 0 Å². The van der Waals surface area contributed by atoms with Crippen LogP contribution in [0.2, 0.25) is 5.02 Å². The van der Waals surface area contributed by atoms with Gasteiger partial charge in [0.15, 0.2) is 5.82 Å². The summed E-state index contributed by atoms with van der Waals surface area (Å²) >= 11 is 9.21. The molecule has 1 aliphatic carbocycles. The maximum Gasteiger partial charge on any atom is 0.431 e. The monoisotopic (exact) mass is 919 g/mol. The quantitative estimate of drug-likeness (QED) is 0.0737. The molecule has 0 saturated heterocycles. The lowest BCUT2D eigenvalue weighted by Gasteiger charge is -2.23. The van der Waals surface area contributed by atoms with Gasteiger partial charge in [0.25, 0.3) is 11.8 Å². The number of nitrogens with two attached hydrogens (primary N) is 1. The number of nitrogens with one attached hydrogen (secondary N) is 2. The number of alkyl halides is 7. The van der Waals surface area contributed by atoms with Crippen LogP contribution in [-0.2, 0) is 17.8 Å². The number of nitrogens with zero attached hydrogens (tertiary/aromatic N) is 4. The van der Waals surface area contributed by atoms with Crippen molar-refractivity contribution in [3.8, 4) is 23.0 Å². The van der Waals surface area contributed by atoms with E-state index < -0.39 is 95.7 Å². The molecule has 1 amide bonds. The van der Waals surface area contributed by atoms with Gasteiger partial charge in [0.1, 0.15) is 41.8 Å². The molecule has 330 valence electrons. The van der Waals surface area contributed by atoms with Crippen molar-refractivity contribution < 1.29 is 44.3 Å². The van der Waals surface area contributed by atoms with E-state index in [1.54, 1.807) is 12.3 Å². The van der Waals surface area contributed by atoms with Crippen molar-refractivity contribution in [2.24, 2.45) is 10.7 Å². The third-order valence-electron chi connectivity index (χ3n) is 9.05. The predicted molar refractivity (Wildman–Crippen MR) is 226 cm³/mol. The van der Waals surface area contributed by atoms with Gasteiger partial charge in [-0.1, -0.05) is 49.4 Å². The Morgan fingerprint density at radius 1 is 1.03 bits per heavy atom. The minimum Gasteiger partial charge on any atom is -0.394 e. The molecule has 5 rings (SSSR count). The Hall–Kier alpha value is -4.54. The molecule has 4 aromatic rings. The molecule has 2 aromatic carbocycles. The Morgan fingerprint density at radius 2 is 1.67 bits per heavy atom. The van der Waals surface area contributed by atoms with E-state index in [-0.39, 0.29) is 49.8 Å². The van der Waals surface area contributed by atoms with Crippen LogP contribution in [0.15, 0.2) is 58.7 Å². The summed E-state index contributed by atoms with van der Waals surface area (Å²) in [5.41, 5.74) is 1.88. The third kappa shape index (κ3) is 12.3. The maximum absolute atomic E-state index is 14.9. The highest BCUT2D eigenvalue weighted by Crippen LogP contribution is 2.42. The van der Waals surface area contributed by atoms with E-state index in [0.717, 1.165) is 28.8 Å². The van der Waals surface area contributed by atoms with Crippen molar-refractivity contribution in [2.75, 3.05) is 23.8 Å². The number of allylic oxidation sites excluding steroid dienone is 2. The van der Waals surface area contributed by atoms with Crippen LogP contribution < -0.4 is 15.8 Å². The number of aliphatic imine (C=N–C) groups is 1. The summed E-state index contributed by atoms with van der Waals surface area (Å²) in [5, 5.41) is 7.37. The van der Waals surface area contributed by atoms with Crippen LogP contribution in [0.4, 0.5) is 45.3 Å². The van der Waals surface area contributed by atoms with E-state index in [4.69, 9.17) is 22.3 Å². The molecule has 4 N–H and O–H groups in total. The summed E-state index contributed by atoms with van der Waals surface area (Å²) in [4.78, 5) is 22.1. The highest BCUT2D eigenvalue weighted by Gasteiger charge is 2.48. The lowest BCUT2D eigenvalue weighted by atomic mass is 9.93. The fourth-order valence-corrected chi connectivity index (χ4v) is 7.03. The standard InChI is InChI=1S/C39H37ClF9N7OS2.C2H6/c1-36(2,58-4)12-10-23-6-7-24(25-8-9-27(40)30-32(25)56(19-37(3,43)44)54-35(30)55-59-5)31(52-23)28(16-20-14-21(41)17-22(42)15-20)53-29(57)18-51-34-26(11-13-38(34,45)46)33(50)39(47,48)49;1-2/h6-9,14-15,17,28H,11,13,16,18-19,50H2,1-5H3,(H,53,57)(H,54,55);1-2H3/b33-26-,51-34?;. The summed E-state index contributed by atoms with van der Waals surface area (Å²) < 4.78 is 132. The van der Waals surface area contributed by atoms with Gasteiger partial charge in [-0.25, -0.2) is 22.5 Å². The molecule has 2 aromatic heterocycles. The number of amides is 1. The molecule has 0 aliphatic heterocycles. The van der Waals surface area contributed by atoms with E-state index in [1.165, 1.54) is 30.0 Å². The fraction of sp³-hybridized carbons (Fsp3) is 0.415. The van der Waals surface area contributed by atoms with Crippen LogP contribution in [0.1, 0.15) is 70.5 Å². The summed E-state index contributed by atoms with van der Waals surface area (Å²) in [6, 6.07) is 7.30. The molecule has 1 unspecified atom stereocenters. The average molecular weight is 920 g/mol. The first-order chi connectivity index (χ1) is 28.4. The van der Waals surface area contributed by atoms with E-state index in [0.29, 0.717) is 13.0 Å². The Balaban J connectivity index is 0.00000403. The van der Waals surface area contributed by atoms with Gasteiger partial charge < -0.3 is 15.8 Å². The third-order valence-corrected chi connectivity index (χ3v) is 10.9. The van der Waals surface area contributed by atoms with Crippen molar-refractivity contribution in [2.45, 2.75) is 89.2 Å². The molecule has 1 saturated carbocycles. The van der Waals surface area contributed by atoms with Crippen LogP contribution in [0, 0.1) is 23.5 Å². The highest BCUT2D eigenvalue weighted by molar-refractivity contribution is 8.00. The molecule has 1 fully saturated rings. The van der Waals surface area contributed by atoms with E-state index in [2.05, 4.69) is 32.0 Å². The number of anilines is 1. The van der Waals surface area contributed by atoms with Gasteiger partial charge in [0, 0.05) is 42.4 Å². The number of hydrogen-bond acceptors (Lipinski definition) is 8. The minimum atomic E-state index is -5.15. The molecule has 2 heterocycles. The first kappa shape index (κ1) is 49.1. The number of pyridine rings is 1. The summed E-state index contributed by atoms with van der Waals surface area (Å²) in [6.07, 6.45) is -3.78. The van der Waals surface area contributed by atoms with Crippen LogP contribution in [-0.4, -0.2) is 68.2 Å². The maximum atomic E-state index is 14.9. The number of fused-ring (bicyclic) bond motifs is 1. The van der Waals surface area contributed by atoms with Crippen molar-refractivity contribution in [3.05, 3.63) is 87.3 Å². The fourth-order valence-electron chi connectivity index (χ4n) is 6.30. The molecule has 20 heteroatoms. The molecular formula is C41H43ClF9N7OS2. The van der Waals surface area contributed by atoms with Crippen LogP contribution in [0.25, 0.3) is 22.0 Å². The van der Waals surface area contributed by atoms with Crippen LogP contribution in [0.5, 0.6) is 0 Å². The Bertz CT molecular complexity index is 2360. The number of halogens is 10.